The number of H-pyrrole nitrogens is 1. The fourth-order valence-electron chi connectivity index (χ4n) is 2.09. The lowest BCUT2D eigenvalue weighted by atomic mass is 10.1. The van der Waals surface area contributed by atoms with Crippen LogP contribution in [0.1, 0.15) is 26.3 Å². The minimum absolute atomic E-state index is 0.158. The molecule has 1 N–H and O–H groups in total. The second kappa shape index (κ2) is 4.22. The molecule has 0 saturated carbocycles. The van der Waals surface area contributed by atoms with E-state index in [2.05, 4.69) is 4.98 Å². The van der Waals surface area contributed by atoms with Gasteiger partial charge < -0.3 is 4.98 Å². The van der Waals surface area contributed by atoms with Gasteiger partial charge in [0, 0.05) is 5.54 Å². The Bertz CT molecular complexity index is 779. The Labute approximate surface area is 111 Å². The number of rotatable bonds is 0. The fraction of sp³-hybridized carbons (Fsp3) is 0.385. The molecule has 108 valence electrons. The van der Waals surface area contributed by atoms with E-state index in [1.165, 1.54) is 6.07 Å². The zero-order valence-corrected chi connectivity index (χ0v) is 11.1. The van der Waals surface area contributed by atoms with Gasteiger partial charge in [0.05, 0.1) is 16.5 Å². The maximum Gasteiger partial charge on any atom is 0.418 e. The van der Waals surface area contributed by atoms with Gasteiger partial charge in [-0.05, 0) is 32.9 Å². The summed E-state index contributed by atoms with van der Waals surface area (Å²) in [6.07, 6.45) is -4.64. The van der Waals surface area contributed by atoms with Crippen LogP contribution in [0.25, 0.3) is 10.9 Å². The van der Waals surface area contributed by atoms with Crippen LogP contribution in [0.15, 0.2) is 27.8 Å². The van der Waals surface area contributed by atoms with E-state index < -0.39 is 34.0 Å². The number of benzene rings is 1. The average Bonchev–Trinajstić information content (AvgIpc) is 2.24. The van der Waals surface area contributed by atoms with Gasteiger partial charge in [-0.25, -0.2) is 4.79 Å². The van der Waals surface area contributed by atoms with Crippen LogP contribution in [0.5, 0.6) is 0 Å². The quantitative estimate of drug-likeness (QED) is 0.808. The van der Waals surface area contributed by atoms with E-state index in [0.29, 0.717) is 0 Å². The Morgan fingerprint density at radius 2 is 1.70 bits per heavy atom. The summed E-state index contributed by atoms with van der Waals surface area (Å²) in [5, 5.41) is -0.158. The summed E-state index contributed by atoms with van der Waals surface area (Å²) in [6.45, 7) is 4.88. The van der Waals surface area contributed by atoms with E-state index in [-0.39, 0.29) is 5.39 Å². The number of nitrogens with one attached hydrogen (secondary N) is 1. The molecule has 0 aliphatic carbocycles. The van der Waals surface area contributed by atoms with E-state index >= 15 is 0 Å². The highest BCUT2D eigenvalue weighted by molar-refractivity contribution is 5.81. The van der Waals surface area contributed by atoms with Crippen molar-refractivity contribution in [1.82, 2.24) is 9.55 Å². The smallest absolute Gasteiger partial charge is 0.306 e. The van der Waals surface area contributed by atoms with Crippen molar-refractivity contribution >= 4 is 10.9 Å². The molecule has 1 aromatic heterocycles. The number of alkyl halides is 3. The van der Waals surface area contributed by atoms with Crippen LogP contribution in [0, 0.1) is 0 Å². The molecule has 20 heavy (non-hydrogen) atoms. The van der Waals surface area contributed by atoms with Gasteiger partial charge in [-0.1, -0.05) is 6.07 Å². The third kappa shape index (κ3) is 2.23. The molecular weight excluding hydrogens is 273 g/mol. The minimum Gasteiger partial charge on any atom is -0.306 e. The van der Waals surface area contributed by atoms with Crippen LogP contribution in [-0.4, -0.2) is 9.55 Å². The normalized spacial score (nSPS) is 12.9. The van der Waals surface area contributed by atoms with E-state index in [0.717, 1.165) is 16.7 Å². The first-order chi connectivity index (χ1) is 9.03. The van der Waals surface area contributed by atoms with Gasteiger partial charge >= 0.3 is 11.9 Å². The van der Waals surface area contributed by atoms with Crippen LogP contribution in [0.2, 0.25) is 0 Å². The number of aromatic amines is 1. The Kier molecular flexibility index (Phi) is 3.03. The molecular formula is C13H13F3N2O2. The number of para-hydroxylation sites is 1. The SMILES string of the molecule is CC(C)(C)n1c(=O)[nH]c2c(C(F)(F)F)cccc2c1=O. The van der Waals surface area contributed by atoms with E-state index in [1.807, 2.05) is 0 Å². The van der Waals surface area contributed by atoms with Crippen LogP contribution in [0.4, 0.5) is 13.2 Å². The van der Waals surface area contributed by atoms with Gasteiger partial charge in [-0.15, -0.1) is 0 Å². The highest BCUT2D eigenvalue weighted by atomic mass is 19.4. The first-order valence-corrected chi connectivity index (χ1v) is 5.89. The third-order valence-electron chi connectivity index (χ3n) is 2.91. The summed E-state index contributed by atoms with van der Waals surface area (Å²) in [5.74, 6) is 0. The van der Waals surface area contributed by atoms with Gasteiger partial charge in [0.15, 0.2) is 0 Å². The van der Waals surface area contributed by atoms with Crippen molar-refractivity contribution in [3.8, 4) is 0 Å². The molecule has 0 saturated heterocycles. The van der Waals surface area contributed by atoms with Crippen LogP contribution < -0.4 is 11.2 Å². The number of hydrogen-bond donors (Lipinski definition) is 1. The molecule has 2 aromatic rings. The van der Waals surface area contributed by atoms with Crippen molar-refractivity contribution in [3.63, 3.8) is 0 Å². The zero-order chi connectivity index (χ0) is 15.3. The molecule has 1 aromatic carbocycles. The number of nitrogens with zero attached hydrogens (tertiary/aromatic N) is 1. The largest absolute Gasteiger partial charge is 0.418 e. The minimum atomic E-state index is -4.64. The van der Waals surface area contributed by atoms with Crippen molar-refractivity contribution in [2.24, 2.45) is 0 Å². The van der Waals surface area contributed by atoms with E-state index in [4.69, 9.17) is 0 Å². The molecule has 2 rings (SSSR count). The topological polar surface area (TPSA) is 54.9 Å². The predicted octanol–water partition coefficient (Wildman–Crippen LogP) is 2.46. The molecule has 0 atom stereocenters. The molecule has 0 aliphatic heterocycles. The number of aromatic nitrogens is 2. The van der Waals surface area contributed by atoms with Crippen molar-refractivity contribution in [3.05, 3.63) is 44.6 Å². The fourth-order valence-corrected chi connectivity index (χ4v) is 2.09. The summed E-state index contributed by atoms with van der Waals surface area (Å²) in [7, 11) is 0. The number of halogens is 3. The van der Waals surface area contributed by atoms with E-state index in [1.54, 1.807) is 20.8 Å². The summed E-state index contributed by atoms with van der Waals surface area (Å²) >= 11 is 0. The molecule has 0 bridgehead atoms. The van der Waals surface area contributed by atoms with E-state index in [9.17, 15) is 22.8 Å². The molecule has 0 amide bonds. The highest BCUT2D eigenvalue weighted by Gasteiger charge is 2.34. The van der Waals surface area contributed by atoms with Crippen molar-refractivity contribution in [1.29, 1.82) is 0 Å². The monoisotopic (exact) mass is 286 g/mol. The Balaban J connectivity index is 2.99. The number of fused-ring (bicyclic) bond motifs is 1. The molecule has 0 aliphatic rings. The maximum absolute atomic E-state index is 12.9. The standard InChI is InChI=1S/C13H13F3N2O2/c1-12(2,3)18-10(19)7-5-4-6-8(13(14,15)16)9(7)17-11(18)20/h4-6H,1-3H3,(H,17,20). The van der Waals surface area contributed by atoms with Crippen molar-refractivity contribution < 1.29 is 13.2 Å². The molecule has 0 unspecified atom stereocenters. The summed E-state index contributed by atoms with van der Waals surface area (Å²) < 4.78 is 39.6. The van der Waals surface area contributed by atoms with Crippen LogP contribution in [0.3, 0.4) is 0 Å². The third-order valence-corrected chi connectivity index (χ3v) is 2.91. The molecule has 0 spiro atoms. The van der Waals surface area contributed by atoms with Gasteiger partial charge in [-0.2, -0.15) is 13.2 Å². The summed E-state index contributed by atoms with van der Waals surface area (Å²) in [5.41, 5.74) is -3.91. The molecule has 0 radical (unpaired) electrons. The summed E-state index contributed by atoms with van der Waals surface area (Å²) in [6, 6.07) is 3.25. The predicted molar refractivity (Wildman–Crippen MR) is 68.8 cm³/mol. The van der Waals surface area contributed by atoms with Crippen LogP contribution >= 0.6 is 0 Å². The molecule has 0 fully saturated rings. The average molecular weight is 286 g/mol. The van der Waals surface area contributed by atoms with Crippen molar-refractivity contribution in [2.45, 2.75) is 32.5 Å². The van der Waals surface area contributed by atoms with Gasteiger partial charge in [-0.3, -0.25) is 9.36 Å². The second-order valence-corrected chi connectivity index (χ2v) is 5.47. The van der Waals surface area contributed by atoms with Gasteiger partial charge in [0.1, 0.15) is 0 Å². The first-order valence-electron chi connectivity index (χ1n) is 5.89. The molecule has 7 heteroatoms. The lowest BCUT2D eigenvalue weighted by molar-refractivity contribution is -0.136. The number of hydrogen-bond acceptors (Lipinski definition) is 2. The maximum atomic E-state index is 12.9. The lowest BCUT2D eigenvalue weighted by Gasteiger charge is -2.21. The zero-order valence-electron chi connectivity index (χ0n) is 11.1. The molecule has 4 nitrogen and oxygen atoms in total. The van der Waals surface area contributed by atoms with Crippen LogP contribution in [-0.2, 0) is 11.7 Å². The Morgan fingerprint density at radius 1 is 1.10 bits per heavy atom. The first kappa shape index (κ1) is 14.4. The highest BCUT2D eigenvalue weighted by Crippen LogP contribution is 2.32. The van der Waals surface area contributed by atoms with Gasteiger partial charge in [0.25, 0.3) is 5.56 Å². The summed E-state index contributed by atoms with van der Waals surface area (Å²) in [4.78, 5) is 26.3. The Morgan fingerprint density at radius 3 is 2.20 bits per heavy atom. The van der Waals surface area contributed by atoms with Crippen molar-refractivity contribution in [2.75, 3.05) is 0 Å². The second-order valence-electron chi connectivity index (χ2n) is 5.47. The van der Waals surface area contributed by atoms with Gasteiger partial charge in [0.2, 0.25) is 0 Å². The molecule has 1 heterocycles. The lowest BCUT2D eigenvalue weighted by Crippen LogP contribution is -2.44. The Hall–Kier alpha value is -2.05.